The summed E-state index contributed by atoms with van der Waals surface area (Å²) in [5, 5.41) is 22.0. The highest BCUT2D eigenvalue weighted by Gasteiger charge is 2.29. The van der Waals surface area contributed by atoms with E-state index in [1.807, 2.05) is 12.1 Å². The molecule has 8 nitrogen and oxygen atoms in total. The molecule has 0 aliphatic heterocycles. The number of aromatic nitrogens is 2. The van der Waals surface area contributed by atoms with Crippen LogP contribution in [0.1, 0.15) is 37.7 Å². The number of aromatic hydroxyl groups is 1. The van der Waals surface area contributed by atoms with Crippen molar-refractivity contribution in [2.75, 3.05) is 16.6 Å². The number of sulfonamides is 1. The van der Waals surface area contributed by atoms with Gasteiger partial charge in [0.15, 0.2) is 11.6 Å². The molecule has 0 spiro atoms. The van der Waals surface area contributed by atoms with Crippen molar-refractivity contribution >= 4 is 38.4 Å². The average Bonchev–Trinajstić information content (AvgIpc) is 2.76. The first kappa shape index (κ1) is 21.3. The van der Waals surface area contributed by atoms with E-state index in [0.717, 1.165) is 24.8 Å². The maximum Gasteiger partial charge on any atom is 0.236 e. The van der Waals surface area contributed by atoms with E-state index in [0.29, 0.717) is 36.0 Å². The summed E-state index contributed by atoms with van der Waals surface area (Å²) < 4.78 is 28.7. The Morgan fingerprint density at radius 3 is 2.32 bits per heavy atom. The van der Waals surface area contributed by atoms with Crippen molar-refractivity contribution < 1.29 is 18.6 Å². The summed E-state index contributed by atoms with van der Waals surface area (Å²) in [7, 11) is -3.63. The summed E-state index contributed by atoms with van der Waals surface area (Å²) in [5.41, 5.74) is 2.46. The lowest BCUT2D eigenvalue weighted by Gasteiger charge is -2.23. The van der Waals surface area contributed by atoms with Gasteiger partial charge in [-0.3, -0.25) is 4.72 Å². The molecule has 0 saturated heterocycles. The zero-order chi connectivity index (χ0) is 21.8. The van der Waals surface area contributed by atoms with Crippen molar-refractivity contribution in [3.8, 4) is 5.75 Å². The Kier molecular flexibility index (Phi) is 6.24. The van der Waals surface area contributed by atoms with Crippen LogP contribution < -0.4 is 10.0 Å². The van der Waals surface area contributed by atoms with Gasteiger partial charge in [0.2, 0.25) is 10.0 Å². The van der Waals surface area contributed by atoms with E-state index in [9.17, 15) is 18.6 Å². The molecule has 1 aliphatic rings. The lowest BCUT2D eigenvalue weighted by Crippen LogP contribution is -2.30. The number of rotatable bonds is 7. The minimum absolute atomic E-state index is 0.0438. The maximum atomic E-state index is 13.0. The lowest BCUT2D eigenvalue weighted by molar-refractivity contribution is 0.299. The third-order valence-electron chi connectivity index (χ3n) is 5.53. The summed E-state index contributed by atoms with van der Waals surface area (Å²) in [5.74, 6) is 0.396. The second-order valence-electron chi connectivity index (χ2n) is 7.76. The number of para-hydroxylation sites is 2. The molecule has 2 aromatic carbocycles. The number of hydrogen-bond donors (Lipinski definition) is 4. The van der Waals surface area contributed by atoms with Crippen LogP contribution in [-0.4, -0.2) is 40.5 Å². The zero-order valence-electron chi connectivity index (χ0n) is 17.1. The Morgan fingerprint density at radius 2 is 1.65 bits per heavy atom. The molecule has 9 heteroatoms. The number of benzene rings is 2. The van der Waals surface area contributed by atoms with Gasteiger partial charge in [-0.15, -0.1) is 0 Å². The molecule has 1 aromatic heterocycles. The van der Waals surface area contributed by atoms with Gasteiger partial charge in [0.1, 0.15) is 5.75 Å². The van der Waals surface area contributed by atoms with Crippen LogP contribution in [0.4, 0.5) is 17.3 Å². The number of anilines is 3. The van der Waals surface area contributed by atoms with Crippen molar-refractivity contribution in [3.05, 3.63) is 48.0 Å². The molecule has 0 atom stereocenters. The van der Waals surface area contributed by atoms with Crippen LogP contribution in [0.5, 0.6) is 5.75 Å². The summed E-state index contributed by atoms with van der Waals surface area (Å²) in [6.45, 7) is -0.0655. The second-order valence-corrected chi connectivity index (χ2v) is 9.72. The SMILES string of the molecule is O=S(=O)(Nc1nc2ccccc2nc1Nc1cc(O)ccc1CCO)C1CCCCC1. The van der Waals surface area contributed by atoms with Crippen LogP contribution in [0.3, 0.4) is 0 Å². The highest BCUT2D eigenvalue weighted by atomic mass is 32.2. The number of aliphatic hydroxyl groups is 1. The van der Waals surface area contributed by atoms with E-state index in [-0.39, 0.29) is 24.0 Å². The lowest BCUT2D eigenvalue weighted by atomic mass is 10.0. The maximum absolute atomic E-state index is 13.0. The summed E-state index contributed by atoms with van der Waals surface area (Å²) >= 11 is 0. The predicted molar refractivity (Wildman–Crippen MR) is 121 cm³/mol. The predicted octanol–water partition coefficient (Wildman–Crippen LogP) is 3.69. The normalized spacial score (nSPS) is 15.1. The average molecular weight is 443 g/mol. The number of phenols is 1. The van der Waals surface area contributed by atoms with Gasteiger partial charge in [-0.1, -0.05) is 37.5 Å². The van der Waals surface area contributed by atoms with E-state index in [2.05, 4.69) is 20.0 Å². The van der Waals surface area contributed by atoms with E-state index in [1.54, 1.807) is 18.2 Å². The molecule has 1 fully saturated rings. The summed E-state index contributed by atoms with van der Waals surface area (Å²) in [6, 6.07) is 12.0. The Bertz CT molecular complexity index is 1180. The topological polar surface area (TPSA) is 124 Å². The molecule has 0 amide bonds. The number of aliphatic hydroxyl groups excluding tert-OH is 1. The third-order valence-corrected chi connectivity index (χ3v) is 7.36. The van der Waals surface area contributed by atoms with Gasteiger partial charge in [0.05, 0.1) is 16.3 Å². The molecule has 0 radical (unpaired) electrons. The fourth-order valence-electron chi connectivity index (χ4n) is 3.90. The quantitative estimate of drug-likeness (QED) is 0.440. The summed E-state index contributed by atoms with van der Waals surface area (Å²) in [6.07, 6.45) is 4.48. The molecule has 0 bridgehead atoms. The van der Waals surface area contributed by atoms with E-state index < -0.39 is 15.3 Å². The Balaban J connectivity index is 1.75. The number of nitrogens with one attached hydrogen (secondary N) is 2. The molecule has 3 aromatic rings. The fourth-order valence-corrected chi connectivity index (χ4v) is 5.43. The first-order valence-corrected chi connectivity index (χ1v) is 12.0. The molecule has 1 aliphatic carbocycles. The number of phenolic OH excluding ortho intramolecular Hbond substituents is 1. The van der Waals surface area contributed by atoms with Crippen molar-refractivity contribution in [3.63, 3.8) is 0 Å². The fraction of sp³-hybridized carbons (Fsp3) is 0.364. The van der Waals surface area contributed by atoms with Crippen molar-refractivity contribution in [1.82, 2.24) is 9.97 Å². The molecule has 0 unspecified atom stereocenters. The molecular weight excluding hydrogens is 416 g/mol. The van der Waals surface area contributed by atoms with Crippen LogP contribution in [0.25, 0.3) is 11.0 Å². The van der Waals surface area contributed by atoms with E-state index >= 15 is 0 Å². The minimum Gasteiger partial charge on any atom is -0.508 e. The van der Waals surface area contributed by atoms with Gasteiger partial charge >= 0.3 is 0 Å². The van der Waals surface area contributed by atoms with E-state index in [1.165, 1.54) is 12.1 Å². The smallest absolute Gasteiger partial charge is 0.236 e. The number of fused-ring (bicyclic) bond motifs is 1. The molecular formula is C22H26N4O4S. The standard InChI is InChI=1S/C22H26N4O4S/c27-13-12-15-10-11-16(28)14-20(15)25-21-22(24-19-9-5-4-8-18(19)23-21)26-31(29,30)17-6-2-1-3-7-17/h4-5,8-11,14,17,27-28H,1-3,6-7,12-13H2,(H,23,25)(H,24,26). The van der Waals surface area contributed by atoms with Gasteiger partial charge in [0.25, 0.3) is 0 Å². The first-order chi connectivity index (χ1) is 15.0. The molecule has 1 heterocycles. The molecule has 4 N–H and O–H groups in total. The molecule has 4 rings (SSSR count). The zero-order valence-corrected chi connectivity index (χ0v) is 17.9. The Labute approximate surface area is 181 Å². The first-order valence-electron chi connectivity index (χ1n) is 10.4. The Hall–Kier alpha value is -2.91. The highest BCUT2D eigenvalue weighted by molar-refractivity contribution is 7.93. The van der Waals surface area contributed by atoms with Crippen LogP contribution in [-0.2, 0) is 16.4 Å². The largest absolute Gasteiger partial charge is 0.508 e. The second kappa shape index (κ2) is 9.07. The Morgan fingerprint density at radius 1 is 0.968 bits per heavy atom. The highest BCUT2D eigenvalue weighted by Crippen LogP contribution is 2.31. The minimum atomic E-state index is -3.63. The van der Waals surface area contributed by atoms with Crippen molar-refractivity contribution in [2.45, 2.75) is 43.8 Å². The van der Waals surface area contributed by atoms with Crippen LogP contribution in [0.15, 0.2) is 42.5 Å². The van der Waals surface area contributed by atoms with Gasteiger partial charge in [-0.25, -0.2) is 18.4 Å². The van der Waals surface area contributed by atoms with Gasteiger partial charge in [-0.2, -0.15) is 0 Å². The van der Waals surface area contributed by atoms with E-state index in [4.69, 9.17) is 0 Å². The van der Waals surface area contributed by atoms with Gasteiger partial charge in [-0.05, 0) is 43.0 Å². The monoisotopic (exact) mass is 442 g/mol. The van der Waals surface area contributed by atoms with Gasteiger partial charge in [0, 0.05) is 18.4 Å². The van der Waals surface area contributed by atoms with Crippen LogP contribution >= 0.6 is 0 Å². The number of nitrogens with zero attached hydrogens (tertiary/aromatic N) is 2. The van der Waals surface area contributed by atoms with Gasteiger partial charge < -0.3 is 15.5 Å². The number of hydrogen-bond acceptors (Lipinski definition) is 7. The van der Waals surface area contributed by atoms with Crippen LogP contribution in [0, 0.1) is 0 Å². The van der Waals surface area contributed by atoms with Crippen LogP contribution in [0.2, 0.25) is 0 Å². The van der Waals surface area contributed by atoms with Crippen molar-refractivity contribution in [2.24, 2.45) is 0 Å². The molecule has 164 valence electrons. The summed E-state index contributed by atoms with van der Waals surface area (Å²) in [4.78, 5) is 9.11. The third kappa shape index (κ3) is 4.88. The van der Waals surface area contributed by atoms with Crippen molar-refractivity contribution in [1.29, 1.82) is 0 Å². The molecule has 31 heavy (non-hydrogen) atoms. The molecule has 1 saturated carbocycles.